The molecule has 0 saturated heterocycles. The van der Waals surface area contributed by atoms with Gasteiger partial charge in [0.2, 0.25) is 0 Å². The second-order valence-corrected chi connectivity index (χ2v) is 4.03. The average Bonchev–Trinajstić information content (AvgIpc) is 2.29. The summed E-state index contributed by atoms with van der Waals surface area (Å²) in [6.07, 6.45) is 2.51. The molecule has 0 aromatic heterocycles. The predicted molar refractivity (Wildman–Crippen MR) is 63.7 cm³/mol. The molecule has 2 heteroatoms. The van der Waals surface area contributed by atoms with Crippen LogP contribution in [0, 0.1) is 0 Å². The molecule has 1 rings (SSSR count). The van der Waals surface area contributed by atoms with E-state index in [9.17, 15) is 0 Å². The number of rotatable bonds is 5. The van der Waals surface area contributed by atoms with E-state index in [0.717, 1.165) is 18.4 Å². The van der Waals surface area contributed by atoms with E-state index in [2.05, 4.69) is 38.1 Å². The number of hydrogen-bond donors (Lipinski definition) is 2. The number of aliphatic hydroxyl groups is 1. The number of nitrogens with two attached hydrogens (primary N) is 1. The van der Waals surface area contributed by atoms with Crippen LogP contribution in [-0.2, 0) is 12.0 Å². The van der Waals surface area contributed by atoms with Crippen molar-refractivity contribution in [3.63, 3.8) is 0 Å². The van der Waals surface area contributed by atoms with Gasteiger partial charge in [-0.05, 0) is 30.4 Å². The molecule has 0 heterocycles. The first kappa shape index (κ1) is 12.2. The van der Waals surface area contributed by atoms with Crippen molar-refractivity contribution >= 4 is 0 Å². The van der Waals surface area contributed by atoms with Crippen molar-refractivity contribution in [3.05, 3.63) is 35.4 Å². The molecule has 0 aliphatic heterocycles. The van der Waals surface area contributed by atoms with Crippen molar-refractivity contribution in [2.45, 2.75) is 38.6 Å². The van der Waals surface area contributed by atoms with Gasteiger partial charge in [0.15, 0.2) is 0 Å². The molecule has 0 saturated carbocycles. The van der Waals surface area contributed by atoms with Crippen molar-refractivity contribution in [1.82, 2.24) is 0 Å². The first-order chi connectivity index (χ1) is 7.16. The first-order valence-electron chi connectivity index (χ1n) is 5.65. The minimum atomic E-state index is -0.374. The van der Waals surface area contributed by atoms with Crippen LogP contribution in [0.5, 0.6) is 0 Å². The molecular formula is C13H21NO. The fourth-order valence-corrected chi connectivity index (χ4v) is 1.80. The van der Waals surface area contributed by atoms with Crippen LogP contribution in [0.1, 0.15) is 37.8 Å². The standard InChI is InChI=1S/C13H21NO/c1-3-11-5-7-12(8-6-11)13(14,4-2)9-10-15/h5-8,15H,3-4,9-10,14H2,1-2H3. The largest absolute Gasteiger partial charge is 0.396 e. The zero-order valence-corrected chi connectivity index (χ0v) is 9.66. The Morgan fingerprint density at radius 1 is 1.20 bits per heavy atom. The normalized spacial score (nSPS) is 14.9. The van der Waals surface area contributed by atoms with Gasteiger partial charge in [-0.2, -0.15) is 0 Å². The number of hydrogen-bond acceptors (Lipinski definition) is 2. The van der Waals surface area contributed by atoms with Gasteiger partial charge in [0.1, 0.15) is 0 Å². The highest BCUT2D eigenvalue weighted by Gasteiger charge is 2.24. The summed E-state index contributed by atoms with van der Waals surface area (Å²) in [6.45, 7) is 4.33. The summed E-state index contributed by atoms with van der Waals surface area (Å²) >= 11 is 0. The molecule has 1 aromatic carbocycles. The summed E-state index contributed by atoms with van der Waals surface area (Å²) < 4.78 is 0. The fraction of sp³-hybridized carbons (Fsp3) is 0.538. The zero-order chi connectivity index (χ0) is 11.3. The lowest BCUT2D eigenvalue weighted by Gasteiger charge is -2.28. The summed E-state index contributed by atoms with van der Waals surface area (Å²) in [5, 5.41) is 9.02. The van der Waals surface area contributed by atoms with Crippen LogP contribution in [-0.4, -0.2) is 11.7 Å². The van der Waals surface area contributed by atoms with Gasteiger partial charge in [-0.1, -0.05) is 38.1 Å². The molecule has 0 amide bonds. The third-order valence-corrected chi connectivity index (χ3v) is 3.13. The quantitative estimate of drug-likeness (QED) is 0.777. The van der Waals surface area contributed by atoms with Crippen molar-refractivity contribution in [3.8, 4) is 0 Å². The van der Waals surface area contributed by atoms with E-state index >= 15 is 0 Å². The van der Waals surface area contributed by atoms with Gasteiger partial charge in [-0.25, -0.2) is 0 Å². The van der Waals surface area contributed by atoms with Crippen LogP contribution < -0.4 is 5.73 Å². The predicted octanol–water partition coefficient (Wildman–Crippen LogP) is 2.20. The van der Waals surface area contributed by atoms with Gasteiger partial charge < -0.3 is 10.8 Å². The summed E-state index contributed by atoms with van der Waals surface area (Å²) in [6, 6.07) is 8.39. The topological polar surface area (TPSA) is 46.2 Å². The molecule has 0 aliphatic carbocycles. The SMILES string of the molecule is CCc1ccc(C(N)(CC)CCO)cc1. The van der Waals surface area contributed by atoms with Gasteiger partial charge >= 0.3 is 0 Å². The maximum Gasteiger partial charge on any atom is 0.0451 e. The average molecular weight is 207 g/mol. The van der Waals surface area contributed by atoms with Crippen molar-refractivity contribution in [2.75, 3.05) is 6.61 Å². The summed E-state index contributed by atoms with van der Waals surface area (Å²) in [5.74, 6) is 0. The van der Waals surface area contributed by atoms with Gasteiger partial charge in [0.25, 0.3) is 0 Å². The third-order valence-electron chi connectivity index (χ3n) is 3.13. The molecule has 1 aromatic rings. The fourth-order valence-electron chi connectivity index (χ4n) is 1.80. The highest BCUT2D eigenvalue weighted by Crippen LogP contribution is 2.25. The Labute approximate surface area is 92.1 Å². The monoisotopic (exact) mass is 207 g/mol. The molecule has 0 aliphatic rings. The first-order valence-corrected chi connectivity index (χ1v) is 5.65. The van der Waals surface area contributed by atoms with Gasteiger partial charge in [-0.15, -0.1) is 0 Å². The Balaban J connectivity index is 2.92. The molecular weight excluding hydrogens is 186 g/mol. The summed E-state index contributed by atoms with van der Waals surface area (Å²) in [7, 11) is 0. The summed E-state index contributed by atoms with van der Waals surface area (Å²) in [5.41, 5.74) is 8.33. The molecule has 1 unspecified atom stereocenters. The lowest BCUT2D eigenvalue weighted by atomic mass is 9.85. The molecule has 0 bridgehead atoms. The minimum Gasteiger partial charge on any atom is -0.396 e. The van der Waals surface area contributed by atoms with E-state index in [1.807, 2.05) is 0 Å². The van der Waals surface area contributed by atoms with E-state index < -0.39 is 0 Å². The molecule has 1 atom stereocenters. The molecule has 2 nitrogen and oxygen atoms in total. The molecule has 0 fully saturated rings. The van der Waals surface area contributed by atoms with Gasteiger partial charge in [-0.3, -0.25) is 0 Å². The lowest BCUT2D eigenvalue weighted by Crippen LogP contribution is -2.36. The third kappa shape index (κ3) is 2.80. The van der Waals surface area contributed by atoms with Crippen LogP contribution in [0.25, 0.3) is 0 Å². The number of benzene rings is 1. The molecule has 0 radical (unpaired) electrons. The van der Waals surface area contributed by atoms with Gasteiger partial charge in [0, 0.05) is 12.1 Å². The van der Waals surface area contributed by atoms with E-state index in [-0.39, 0.29) is 12.1 Å². The van der Waals surface area contributed by atoms with Crippen LogP contribution in [0.3, 0.4) is 0 Å². The Kier molecular flexibility index (Phi) is 4.30. The summed E-state index contributed by atoms with van der Waals surface area (Å²) in [4.78, 5) is 0. The van der Waals surface area contributed by atoms with Crippen molar-refractivity contribution in [2.24, 2.45) is 5.73 Å². The highest BCUT2D eigenvalue weighted by atomic mass is 16.3. The van der Waals surface area contributed by atoms with Crippen LogP contribution in [0.2, 0.25) is 0 Å². The lowest BCUT2D eigenvalue weighted by molar-refractivity contribution is 0.235. The van der Waals surface area contributed by atoms with E-state index in [1.165, 1.54) is 5.56 Å². The highest BCUT2D eigenvalue weighted by molar-refractivity contribution is 5.28. The Morgan fingerprint density at radius 2 is 1.80 bits per heavy atom. The van der Waals surface area contributed by atoms with Crippen LogP contribution in [0.15, 0.2) is 24.3 Å². The molecule has 84 valence electrons. The van der Waals surface area contributed by atoms with Crippen LogP contribution in [0.4, 0.5) is 0 Å². The van der Waals surface area contributed by atoms with E-state index in [1.54, 1.807) is 0 Å². The van der Waals surface area contributed by atoms with Crippen molar-refractivity contribution < 1.29 is 5.11 Å². The van der Waals surface area contributed by atoms with Crippen LogP contribution >= 0.6 is 0 Å². The van der Waals surface area contributed by atoms with Crippen molar-refractivity contribution in [1.29, 1.82) is 0 Å². The second-order valence-electron chi connectivity index (χ2n) is 4.03. The number of aliphatic hydroxyl groups excluding tert-OH is 1. The maximum atomic E-state index is 9.02. The number of aryl methyl sites for hydroxylation is 1. The van der Waals surface area contributed by atoms with E-state index in [0.29, 0.717) is 6.42 Å². The minimum absolute atomic E-state index is 0.139. The Morgan fingerprint density at radius 3 is 2.20 bits per heavy atom. The zero-order valence-electron chi connectivity index (χ0n) is 9.66. The van der Waals surface area contributed by atoms with E-state index in [4.69, 9.17) is 10.8 Å². The smallest absolute Gasteiger partial charge is 0.0451 e. The maximum absolute atomic E-state index is 9.02. The molecule has 0 spiro atoms. The molecule has 15 heavy (non-hydrogen) atoms. The Hall–Kier alpha value is -0.860. The molecule has 3 N–H and O–H groups in total. The Bertz CT molecular complexity index is 294. The van der Waals surface area contributed by atoms with Gasteiger partial charge in [0.05, 0.1) is 0 Å². The second kappa shape index (κ2) is 5.29.